The first kappa shape index (κ1) is 33.7. The van der Waals surface area contributed by atoms with Crippen LogP contribution in [0.2, 0.25) is 5.02 Å². The number of methoxy groups -OCH3 is 1. The molecule has 0 aliphatic rings. The molecule has 2 aromatic carbocycles. The van der Waals surface area contributed by atoms with Crippen LogP contribution in [0.3, 0.4) is 0 Å². The van der Waals surface area contributed by atoms with E-state index in [2.05, 4.69) is 41.5 Å². The van der Waals surface area contributed by atoms with Gasteiger partial charge in [0.1, 0.15) is 23.0 Å². The average molecular weight is 544 g/mol. The molecule has 2 rings (SSSR count). The summed E-state index contributed by atoms with van der Waals surface area (Å²) in [6.07, 6.45) is 2.75. The summed E-state index contributed by atoms with van der Waals surface area (Å²) in [5.41, 5.74) is 0.242. The molecule has 1 atom stereocenters. The van der Waals surface area contributed by atoms with Gasteiger partial charge in [-0.1, -0.05) is 59.2 Å². The van der Waals surface area contributed by atoms with E-state index in [0.717, 1.165) is 24.6 Å². The fourth-order valence-electron chi connectivity index (χ4n) is 3.29. The Kier molecular flexibility index (Phi) is 15.7. The minimum Gasteiger partial charge on any atom is -0.496 e. The quantitative estimate of drug-likeness (QED) is 0.163. The van der Waals surface area contributed by atoms with Gasteiger partial charge in [-0.25, -0.2) is 0 Å². The number of carbonyl (C=O) groups is 1. The molecule has 0 N–H and O–H groups in total. The molecule has 0 aliphatic heterocycles. The van der Waals surface area contributed by atoms with E-state index in [9.17, 15) is 4.79 Å². The molecule has 5 nitrogen and oxygen atoms in total. The molecular formula is C29H42ClLiO5P. The zero-order valence-electron chi connectivity index (χ0n) is 23.8. The topological polar surface area (TPSA) is 54.0 Å². The molecule has 0 heterocycles. The normalized spacial score (nSPS) is 11.3. The van der Waals surface area contributed by atoms with Gasteiger partial charge in [0.15, 0.2) is 5.52 Å². The predicted molar refractivity (Wildman–Crippen MR) is 157 cm³/mol. The van der Waals surface area contributed by atoms with Gasteiger partial charge in [-0.3, -0.25) is 4.79 Å². The Hall–Kier alpha value is -1.37. The molecule has 37 heavy (non-hydrogen) atoms. The van der Waals surface area contributed by atoms with Gasteiger partial charge in [0.2, 0.25) is 0 Å². The standard InChI is InChI=1S/C29H42ClO5P.Li/c1-19(2)11-14-33-22-17-25(34-15-12-20(3)4)28(26(18-22)35-16-13-21(5)6)36-29(31)27-23(30)9-8-10-24(27)32-7;/h8-10,17-21,36H,11-16H2,1-7H3;. The first-order chi connectivity index (χ1) is 17.1. The van der Waals surface area contributed by atoms with Crippen LogP contribution >= 0.6 is 20.2 Å². The second-order valence-corrected chi connectivity index (χ2v) is 11.8. The Morgan fingerprint density at radius 2 is 1.30 bits per heavy atom. The molecule has 0 aromatic heterocycles. The number of hydrogen-bond acceptors (Lipinski definition) is 5. The van der Waals surface area contributed by atoms with Crippen molar-refractivity contribution in [1.29, 1.82) is 0 Å². The average Bonchev–Trinajstić information content (AvgIpc) is 2.79. The van der Waals surface area contributed by atoms with E-state index in [1.807, 2.05) is 12.1 Å². The molecule has 1 unspecified atom stereocenters. The van der Waals surface area contributed by atoms with E-state index in [-0.39, 0.29) is 33.0 Å². The maximum Gasteiger partial charge on any atom is 0.191 e. The van der Waals surface area contributed by atoms with Gasteiger partial charge >= 0.3 is 0 Å². The Labute approximate surface area is 242 Å². The second kappa shape index (κ2) is 17.3. The Bertz CT molecular complexity index is 946. The van der Waals surface area contributed by atoms with Gasteiger partial charge in [0.05, 0.1) is 42.8 Å². The number of benzene rings is 2. The summed E-state index contributed by atoms with van der Waals surface area (Å²) in [4.78, 5) is 13.5. The monoisotopic (exact) mass is 543 g/mol. The minimum absolute atomic E-state index is 0. The van der Waals surface area contributed by atoms with Crippen molar-refractivity contribution in [2.24, 2.45) is 17.8 Å². The van der Waals surface area contributed by atoms with Crippen LogP contribution in [0.4, 0.5) is 0 Å². The van der Waals surface area contributed by atoms with Crippen LogP contribution in [0.5, 0.6) is 23.0 Å². The molecule has 0 amide bonds. The molecule has 0 saturated carbocycles. The van der Waals surface area contributed by atoms with Crippen LogP contribution < -0.4 is 24.3 Å². The summed E-state index contributed by atoms with van der Waals surface area (Å²) >= 11 is 6.41. The van der Waals surface area contributed by atoms with Crippen molar-refractivity contribution >= 4 is 49.9 Å². The van der Waals surface area contributed by atoms with Crippen molar-refractivity contribution in [3.05, 3.63) is 40.9 Å². The minimum atomic E-state index is -0.254. The zero-order chi connectivity index (χ0) is 26.7. The summed E-state index contributed by atoms with van der Waals surface area (Å²) in [6, 6.07) is 8.99. The molecule has 0 bridgehead atoms. The first-order valence-corrected chi connectivity index (χ1v) is 14.2. The molecule has 0 spiro atoms. The van der Waals surface area contributed by atoms with Crippen molar-refractivity contribution in [2.75, 3.05) is 26.9 Å². The molecule has 201 valence electrons. The first-order valence-electron chi connectivity index (χ1n) is 12.8. The predicted octanol–water partition coefficient (Wildman–Crippen LogP) is 7.39. The molecule has 8 heteroatoms. The second-order valence-electron chi connectivity index (χ2n) is 10.2. The van der Waals surface area contributed by atoms with Gasteiger partial charge in [-0.05, 0) is 57.7 Å². The Morgan fingerprint density at radius 1 is 0.811 bits per heavy atom. The van der Waals surface area contributed by atoms with Gasteiger partial charge in [0, 0.05) is 31.0 Å². The molecule has 0 aliphatic carbocycles. The van der Waals surface area contributed by atoms with E-state index >= 15 is 0 Å². The summed E-state index contributed by atoms with van der Waals surface area (Å²) in [7, 11) is 1.28. The SMILES string of the molecule is COc1cccc(Cl)c1C(=O)Pc1c(OCCC(C)C)cc(OCCC(C)C)cc1OCCC(C)C.[Li]. The van der Waals surface area contributed by atoms with Gasteiger partial charge < -0.3 is 18.9 Å². The third-order valence-electron chi connectivity index (χ3n) is 5.57. The smallest absolute Gasteiger partial charge is 0.191 e. The molecule has 0 fully saturated rings. The zero-order valence-corrected chi connectivity index (χ0v) is 25.5. The van der Waals surface area contributed by atoms with Crippen LogP contribution in [0.25, 0.3) is 0 Å². The molecule has 2 aromatic rings. The van der Waals surface area contributed by atoms with Crippen molar-refractivity contribution in [1.82, 2.24) is 0 Å². The van der Waals surface area contributed by atoms with Crippen molar-refractivity contribution in [2.45, 2.75) is 60.8 Å². The Morgan fingerprint density at radius 3 is 1.76 bits per heavy atom. The number of rotatable bonds is 16. The third kappa shape index (κ3) is 11.5. The van der Waals surface area contributed by atoms with E-state index in [4.69, 9.17) is 30.5 Å². The fourth-order valence-corrected chi connectivity index (χ4v) is 4.77. The van der Waals surface area contributed by atoms with E-state index in [0.29, 0.717) is 71.2 Å². The van der Waals surface area contributed by atoms with E-state index < -0.39 is 0 Å². The number of carbonyl (C=O) groups excluding carboxylic acids is 1. The van der Waals surface area contributed by atoms with Crippen LogP contribution in [-0.2, 0) is 0 Å². The fraction of sp³-hybridized carbons (Fsp3) is 0.552. The largest absolute Gasteiger partial charge is 0.496 e. The van der Waals surface area contributed by atoms with E-state index in [1.165, 1.54) is 7.11 Å². The number of halogens is 1. The maximum absolute atomic E-state index is 13.5. The van der Waals surface area contributed by atoms with Crippen LogP contribution in [0.15, 0.2) is 30.3 Å². The summed E-state index contributed by atoms with van der Waals surface area (Å²) in [6.45, 7) is 14.7. The van der Waals surface area contributed by atoms with Crippen LogP contribution in [-0.4, -0.2) is 51.3 Å². The summed E-state index contributed by atoms with van der Waals surface area (Å²) < 4.78 is 24.0. The molecule has 0 saturated heterocycles. The van der Waals surface area contributed by atoms with Gasteiger partial charge in [-0.2, -0.15) is 0 Å². The van der Waals surface area contributed by atoms with Crippen LogP contribution in [0.1, 0.15) is 71.2 Å². The van der Waals surface area contributed by atoms with Crippen molar-refractivity contribution < 1.29 is 23.7 Å². The summed E-state index contributed by atoms with van der Waals surface area (Å²) in [5, 5.41) is 1.09. The van der Waals surface area contributed by atoms with Crippen molar-refractivity contribution in [3.8, 4) is 23.0 Å². The maximum atomic E-state index is 13.5. The van der Waals surface area contributed by atoms with Crippen molar-refractivity contribution in [3.63, 3.8) is 0 Å². The molecular weight excluding hydrogens is 502 g/mol. The number of hydrogen-bond donors (Lipinski definition) is 0. The Balaban J connectivity index is 0.00000684. The summed E-state index contributed by atoms with van der Waals surface area (Å²) in [5.74, 6) is 3.92. The van der Waals surface area contributed by atoms with Gasteiger partial charge in [-0.15, -0.1) is 0 Å². The number of ether oxygens (including phenoxy) is 4. The third-order valence-corrected chi connectivity index (χ3v) is 7.10. The molecule has 1 radical (unpaired) electrons. The van der Waals surface area contributed by atoms with Crippen LogP contribution in [0, 0.1) is 17.8 Å². The van der Waals surface area contributed by atoms with E-state index in [1.54, 1.807) is 18.2 Å². The van der Waals surface area contributed by atoms with Gasteiger partial charge in [0.25, 0.3) is 0 Å².